The van der Waals surface area contributed by atoms with Gasteiger partial charge < -0.3 is 23.3 Å². The fourth-order valence-electron chi connectivity index (χ4n) is 2.32. The largest absolute Gasteiger partial charge is 0.377 e. The number of nitrogens with one attached hydrogen (secondary N) is 2. The molecule has 0 aromatic heterocycles. The lowest BCUT2D eigenvalue weighted by Crippen LogP contribution is -2.31. The van der Waals surface area contributed by atoms with Gasteiger partial charge in [0.15, 0.2) is 0 Å². The van der Waals surface area contributed by atoms with Gasteiger partial charge in [-0.3, -0.25) is 10.2 Å². The maximum atomic E-state index is 6.64. The molecule has 0 aromatic carbocycles. The van der Waals surface area contributed by atoms with Crippen molar-refractivity contribution in [2.75, 3.05) is 65.9 Å². The van der Waals surface area contributed by atoms with Gasteiger partial charge >= 0.3 is 13.6 Å². The number of nitrogens with zero attached hydrogens (tertiary/aromatic N) is 3. The Morgan fingerprint density at radius 3 is 1.62 bits per heavy atom. The molecule has 0 saturated carbocycles. The molecule has 152 valence electrons. The Balaban J connectivity index is 1.82. The Morgan fingerprint density at radius 1 is 0.615 bits per heavy atom. The summed E-state index contributed by atoms with van der Waals surface area (Å²) in [6.07, 6.45) is 0.969. The van der Waals surface area contributed by atoms with E-state index in [1.807, 2.05) is 0 Å². The van der Waals surface area contributed by atoms with Crippen LogP contribution in [0.4, 0.5) is 0 Å². The van der Waals surface area contributed by atoms with E-state index in [1.165, 1.54) is 0 Å². The molecule has 2 unspecified atom stereocenters. The second-order valence-corrected chi connectivity index (χ2v) is 14.5. The molecule has 3 heterocycles. The van der Waals surface area contributed by atoms with Crippen molar-refractivity contribution in [2.24, 2.45) is 13.5 Å². The van der Waals surface area contributed by atoms with Gasteiger partial charge in [-0.05, 0) is 28.9 Å². The van der Waals surface area contributed by atoms with Crippen LogP contribution in [0.5, 0.6) is 0 Å². The first-order valence-electron chi connectivity index (χ1n) is 8.37. The third kappa shape index (κ3) is 6.51. The van der Waals surface area contributed by atoms with Gasteiger partial charge in [0.25, 0.3) is 0 Å². The van der Waals surface area contributed by atoms with Gasteiger partial charge in [-0.15, -0.1) is 0 Å². The van der Waals surface area contributed by atoms with Gasteiger partial charge in [-0.1, -0.05) is 0 Å². The SMILES string of the molecule is ClP12=NP3(=NP(Cl)(=N1)OCCOCCOCCOCCO2)NCCCN3. The molecule has 0 aliphatic carbocycles. The molecule has 15 heteroatoms. The summed E-state index contributed by atoms with van der Waals surface area (Å²) in [4.78, 5) is 0. The molecular formula is C11H24Cl2N5O5P3. The van der Waals surface area contributed by atoms with Crippen molar-refractivity contribution in [3.63, 3.8) is 0 Å². The Kier molecular flexibility index (Phi) is 8.47. The summed E-state index contributed by atoms with van der Waals surface area (Å²) in [5.74, 6) is 0. The maximum absolute atomic E-state index is 6.64. The highest BCUT2D eigenvalue weighted by atomic mass is 35.7. The number of halogens is 2. The van der Waals surface area contributed by atoms with E-state index in [1.54, 1.807) is 0 Å². The van der Waals surface area contributed by atoms with E-state index in [0.717, 1.165) is 19.5 Å². The highest BCUT2D eigenvalue weighted by Gasteiger charge is 2.37. The second kappa shape index (κ2) is 10.1. The fourth-order valence-corrected chi connectivity index (χ4v) is 15.0. The highest BCUT2D eigenvalue weighted by molar-refractivity contribution is 8.01. The minimum Gasteiger partial charge on any atom is -0.377 e. The summed E-state index contributed by atoms with van der Waals surface area (Å²) >= 11 is 13.3. The van der Waals surface area contributed by atoms with Crippen LogP contribution in [0.15, 0.2) is 13.5 Å². The number of hydrogen-bond acceptors (Lipinski definition) is 10. The number of ether oxygens (including phenoxy) is 3. The third-order valence-electron chi connectivity index (χ3n) is 3.43. The average molecular weight is 470 g/mol. The number of hydrogen-bond donors (Lipinski definition) is 2. The van der Waals surface area contributed by atoms with Crippen molar-refractivity contribution in [3.05, 3.63) is 0 Å². The predicted molar refractivity (Wildman–Crippen MR) is 105 cm³/mol. The normalized spacial score (nSPS) is 37.2. The Hall–Kier alpha value is 0.990. The van der Waals surface area contributed by atoms with E-state index in [0.29, 0.717) is 39.6 Å². The van der Waals surface area contributed by atoms with E-state index in [9.17, 15) is 0 Å². The first-order valence-corrected chi connectivity index (χ1v) is 15.1. The molecule has 0 radical (unpaired) electrons. The smallest absolute Gasteiger partial charge is 0.300 e. The maximum Gasteiger partial charge on any atom is 0.300 e. The second-order valence-electron chi connectivity index (χ2n) is 5.49. The Bertz CT molecular complexity index is 622. The van der Waals surface area contributed by atoms with Crippen molar-refractivity contribution in [1.82, 2.24) is 10.2 Å². The number of rotatable bonds is 0. The molecule has 2 bridgehead atoms. The average Bonchev–Trinajstić information content (AvgIpc) is 2.57. The summed E-state index contributed by atoms with van der Waals surface area (Å²) in [6.45, 7) is -1.34. The van der Waals surface area contributed by atoms with Crippen molar-refractivity contribution in [3.8, 4) is 0 Å². The lowest BCUT2D eigenvalue weighted by molar-refractivity contribution is 0.00575. The summed E-state index contributed by atoms with van der Waals surface area (Å²) in [5, 5.41) is 6.64. The summed E-state index contributed by atoms with van der Waals surface area (Å²) in [6, 6.07) is 0. The standard InChI is InChI=1S/C11H24Cl2N5O5P3/c12-24-16-25(13,18-26(17-24)14-2-1-3-15-26)23-11-9-21-7-5-19-4-6-20-8-10-22-24/h14-15H,1-11H2. The molecule has 2 atom stereocenters. The molecule has 10 nitrogen and oxygen atoms in total. The zero-order chi connectivity index (χ0) is 18.3. The summed E-state index contributed by atoms with van der Waals surface area (Å²) in [7, 11) is -2.49. The van der Waals surface area contributed by atoms with Crippen molar-refractivity contribution in [2.45, 2.75) is 6.42 Å². The Labute approximate surface area is 163 Å². The zero-order valence-corrected chi connectivity index (χ0v) is 18.5. The van der Waals surface area contributed by atoms with E-state index in [2.05, 4.69) is 23.7 Å². The summed E-state index contributed by atoms with van der Waals surface area (Å²) in [5.41, 5.74) is 0. The van der Waals surface area contributed by atoms with Crippen LogP contribution in [0.25, 0.3) is 0 Å². The van der Waals surface area contributed by atoms with E-state index < -0.39 is 21.1 Å². The third-order valence-corrected chi connectivity index (χ3v) is 14.4. The predicted octanol–water partition coefficient (Wildman–Crippen LogP) is 4.00. The molecule has 26 heavy (non-hydrogen) atoms. The zero-order valence-electron chi connectivity index (χ0n) is 14.3. The highest BCUT2D eigenvalue weighted by Crippen LogP contribution is 2.80. The first kappa shape index (κ1) is 21.7. The molecule has 3 aliphatic rings. The van der Waals surface area contributed by atoms with E-state index in [-0.39, 0.29) is 13.2 Å². The van der Waals surface area contributed by atoms with Gasteiger partial charge in [0.05, 0.1) is 52.9 Å². The molecule has 1 saturated heterocycles. The quantitative estimate of drug-likeness (QED) is 0.516. The lowest BCUT2D eigenvalue weighted by Gasteiger charge is -2.33. The van der Waals surface area contributed by atoms with Crippen LogP contribution >= 0.6 is 43.6 Å². The Morgan fingerprint density at radius 2 is 1.08 bits per heavy atom. The van der Waals surface area contributed by atoms with E-state index >= 15 is 0 Å². The van der Waals surface area contributed by atoms with Gasteiger partial charge in [0, 0.05) is 13.1 Å². The van der Waals surface area contributed by atoms with Crippen LogP contribution in [0.3, 0.4) is 0 Å². The van der Waals surface area contributed by atoms with Gasteiger partial charge in [-0.2, -0.15) is 13.5 Å². The molecule has 1 fully saturated rings. The molecule has 0 aromatic rings. The van der Waals surface area contributed by atoms with Gasteiger partial charge in [0.1, 0.15) is 0 Å². The summed E-state index contributed by atoms with van der Waals surface area (Å²) < 4.78 is 41.6. The molecule has 0 amide bonds. The van der Waals surface area contributed by atoms with Crippen LogP contribution in [0.2, 0.25) is 0 Å². The van der Waals surface area contributed by atoms with Crippen LogP contribution < -0.4 is 10.2 Å². The van der Waals surface area contributed by atoms with Crippen LogP contribution in [-0.4, -0.2) is 65.9 Å². The topological polar surface area (TPSA) is 107 Å². The van der Waals surface area contributed by atoms with Crippen LogP contribution in [0, 0.1) is 0 Å². The van der Waals surface area contributed by atoms with E-state index in [4.69, 9.17) is 45.7 Å². The first-order chi connectivity index (χ1) is 12.5. The van der Waals surface area contributed by atoms with Crippen molar-refractivity contribution < 1.29 is 23.3 Å². The lowest BCUT2D eigenvalue weighted by atomic mass is 10.4. The molecule has 3 aliphatic heterocycles. The van der Waals surface area contributed by atoms with Crippen LogP contribution in [-0.2, 0) is 23.3 Å². The van der Waals surface area contributed by atoms with Crippen molar-refractivity contribution in [1.29, 1.82) is 0 Å². The minimum atomic E-state index is -3.02. The molecule has 2 N–H and O–H groups in total. The van der Waals surface area contributed by atoms with Gasteiger partial charge in [0.2, 0.25) is 7.51 Å². The molecule has 3 rings (SSSR count). The molecule has 1 spiro atoms. The van der Waals surface area contributed by atoms with Crippen molar-refractivity contribution >= 4 is 43.6 Å². The monoisotopic (exact) mass is 469 g/mol. The molecular weight excluding hydrogens is 446 g/mol. The van der Waals surface area contributed by atoms with Crippen LogP contribution in [0.1, 0.15) is 6.42 Å². The minimum absolute atomic E-state index is 0.254. The van der Waals surface area contributed by atoms with Gasteiger partial charge in [-0.25, -0.2) is 0 Å². The fraction of sp³-hybridized carbons (Fsp3) is 1.00. The number of fused-ring (bicyclic) bond motifs is 1.